The van der Waals surface area contributed by atoms with Crippen molar-refractivity contribution >= 4 is 22.8 Å². The third-order valence-electron chi connectivity index (χ3n) is 6.17. The zero-order chi connectivity index (χ0) is 22.4. The normalized spacial score (nSPS) is 20.7. The van der Waals surface area contributed by atoms with E-state index in [9.17, 15) is 4.79 Å². The van der Waals surface area contributed by atoms with Crippen molar-refractivity contribution in [2.24, 2.45) is 5.92 Å². The molecule has 0 bridgehead atoms. The van der Waals surface area contributed by atoms with E-state index in [4.69, 9.17) is 15.2 Å². The number of pyridine rings is 1. The van der Waals surface area contributed by atoms with Gasteiger partial charge in [0.05, 0.1) is 42.1 Å². The molecule has 9 heteroatoms. The lowest BCUT2D eigenvalue weighted by Crippen LogP contribution is -2.42. The summed E-state index contributed by atoms with van der Waals surface area (Å²) in [6.07, 6.45) is 1.89. The van der Waals surface area contributed by atoms with Crippen molar-refractivity contribution in [2.75, 3.05) is 12.3 Å². The highest BCUT2D eigenvalue weighted by molar-refractivity contribution is 5.98. The van der Waals surface area contributed by atoms with E-state index in [2.05, 4.69) is 27.1 Å². The molecule has 32 heavy (non-hydrogen) atoms. The van der Waals surface area contributed by atoms with Gasteiger partial charge in [0.2, 0.25) is 5.88 Å². The van der Waals surface area contributed by atoms with Gasteiger partial charge in [0.15, 0.2) is 0 Å². The van der Waals surface area contributed by atoms with Gasteiger partial charge in [-0.1, -0.05) is 6.92 Å². The van der Waals surface area contributed by atoms with E-state index in [1.807, 2.05) is 30.9 Å². The number of rotatable bonds is 4. The first-order chi connectivity index (χ1) is 15.4. The fraction of sp³-hybridized carbons (Fsp3) is 0.478. The SMILES string of the molecule is CC(C)Oc1ccc([C@H]2CC[C@H](C)CN2C(=O)c2cc3nc(N)c4c(c3[nH]2)COC4)nn1. The smallest absolute Gasteiger partial charge is 0.270 e. The predicted octanol–water partition coefficient (Wildman–Crippen LogP) is 3.37. The number of likely N-dealkylation sites (tertiary alicyclic amines) is 1. The monoisotopic (exact) mass is 436 g/mol. The van der Waals surface area contributed by atoms with Gasteiger partial charge in [-0.25, -0.2) is 4.98 Å². The topological polar surface area (TPSA) is 119 Å². The van der Waals surface area contributed by atoms with Crippen LogP contribution in [0.3, 0.4) is 0 Å². The second-order valence-electron chi connectivity index (χ2n) is 9.01. The first-order valence-corrected chi connectivity index (χ1v) is 11.1. The molecule has 9 nitrogen and oxygen atoms in total. The minimum absolute atomic E-state index is 0.0280. The number of amides is 1. The first kappa shape index (κ1) is 20.7. The minimum atomic E-state index is -0.141. The van der Waals surface area contributed by atoms with Gasteiger partial charge in [-0.15, -0.1) is 10.2 Å². The Morgan fingerprint density at radius 2 is 2.06 bits per heavy atom. The van der Waals surface area contributed by atoms with E-state index in [-0.39, 0.29) is 18.1 Å². The van der Waals surface area contributed by atoms with Gasteiger partial charge in [0.25, 0.3) is 5.91 Å². The highest BCUT2D eigenvalue weighted by atomic mass is 16.5. The number of anilines is 1. The van der Waals surface area contributed by atoms with E-state index >= 15 is 0 Å². The number of H-pyrrole nitrogens is 1. The van der Waals surface area contributed by atoms with Gasteiger partial charge in [-0.2, -0.15) is 0 Å². The molecule has 0 radical (unpaired) electrons. The molecule has 0 saturated carbocycles. The molecular weight excluding hydrogens is 408 g/mol. The van der Waals surface area contributed by atoms with Gasteiger partial charge >= 0.3 is 0 Å². The highest BCUT2D eigenvalue weighted by Gasteiger charge is 2.34. The maximum atomic E-state index is 13.6. The van der Waals surface area contributed by atoms with Crippen molar-refractivity contribution in [3.63, 3.8) is 0 Å². The molecule has 5 heterocycles. The Balaban J connectivity index is 1.46. The molecule has 0 spiro atoms. The number of fused-ring (bicyclic) bond motifs is 3. The van der Waals surface area contributed by atoms with Crippen molar-refractivity contribution in [1.82, 2.24) is 25.1 Å². The lowest BCUT2D eigenvalue weighted by Gasteiger charge is -2.38. The molecule has 1 saturated heterocycles. The Kier molecular flexibility index (Phi) is 5.21. The van der Waals surface area contributed by atoms with Crippen LogP contribution in [-0.2, 0) is 18.0 Å². The highest BCUT2D eigenvalue weighted by Crippen LogP contribution is 2.35. The van der Waals surface area contributed by atoms with Crippen molar-refractivity contribution in [1.29, 1.82) is 0 Å². The van der Waals surface area contributed by atoms with Gasteiger partial charge in [0.1, 0.15) is 11.5 Å². The Bertz CT molecular complexity index is 1160. The summed E-state index contributed by atoms with van der Waals surface area (Å²) in [6, 6.07) is 5.37. The van der Waals surface area contributed by atoms with Gasteiger partial charge in [0, 0.05) is 23.7 Å². The first-order valence-electron chi connectivity index (χ1n) is 11.1. The number of ether oxygens (including phenoxy) is 2. The Labute approximate surface area is 186 Å². The van der Waals surface area contributed by atoms with E-state index in [1.54, 1.807) is 6.07 Å². The third kappa shape index (κ3) is 3.66. The predicted molar refractivity (Wildman–Crippen MR) is 119 cm³/mol. The number of nitrogens with zero attached hydrogens (tertiary/aromatic N) is 4. The van der Waals surface area contributed by atoms with Crippen LogP contribution >= 0.6 is 0 Å². The number of aromatic amines is 1. The maximum absolute atomic E-state index is 13.6. The van der Waals surface area contributed by atoms with Crippen LogP contribution < -0.4 is 10.5 Å². The van der Waals surface area contributed by atoms with Crippen molar-refractivity contribution in [2.45, 2.75) is 59.0 Å². The number of piperidine rings is 1. The molecule has 168 valence electrons. The van der Waals surface area contributed by atoms with E-state index in [0.29, 0.717) is 48.6 Å². The number of aromatic nitrogens is 4. The molecule has 0 aliphatic carbocycles. The average molecular weight is 437 g/mol. The molecule has 2 atom stereocenters. The number of hydrogen-bond donors (Lipinski definition) is 2. The summed E-state index contributed by atoms with van der Waals surface area (Å²) in [5.41, 5.74) is 10.8. The summed E-state index contributed by atoms with van der Waals surface area (Å²) in [6.45, 7) is 7.64. The number of carbonyl (C=O) groups excluding carboxylic acids is 1. The van der Waals surface area contributed by atoms with E-state index < -0.39 is 0 Å². The Morgan fingerprint density at radius 3 is 2.81 bits per heavy atom. The molecular formula is C23H28N6O3. The van der Waals surface area contributed by atoms with Crippen LogP contribution in [0.2, 0.25) is 0 Å². The van der Waals surface area contributed by atoms with Crippen LogP contribution in [0.4, 0.5) is 5.82 Å². The number of nitrogens with one attached hydrogen (secondary N) is 1. The fourth-order valence-electron chi connectivity index (χ4n) is 4.61. The van der Waals surface area contributed by atoms with Crippen LogP contribution in [0.5, 0.6) is 5.88 Å². The second kappa shape index (κ2) is 8.05. The summed E-state index contributed by atoms with van der Waals surface area (Å²) >= 11 is 0. The molecule has 0 aromatic carbocycles. The Morgan fingerprint density at radius 1 is 1.25 bits per heavy atom. The number of hydrogen-bond acceptors (Lipinski definition) is 7. The zero-order valence-electron chi connectivity index (χ0n) is 18.6. The lowest BCUT2D eigenvalue weighted by molar-refractivity contribution is 0.0531. The number of carbonyl (C=O) groups is 1. The largest absolute Gasteiger partial charge is 0.474 e. The second-order valence-corrected chi connectivity index (χ2v) is 9.01. The zero-order valence-corrected chi connectivity index (χ0v) is 18.6. The molecule has 3 aromatic rings. The summed E-state index contributed by atoms with van der Waals surface area (Å²) in [7, 11) is 0. The van der Waals surface area contributed by atoms with E-state index in [1.165, 1.54) is 0 Å². The minimum Gasteiger partial charge on any atom is -0.474 e. The Hall–Kier alpha value is -3.20. The maximum Gasteiger partial charge on any atom is 0.270 e. The molecule has 2 aliphatic rings. The van der Waals surface area contributed by atoms with Crippen LogP contribution in [0.1, 0.15) is 67.0 Å². The number of nitrogens with two attached hydrogens (primary N) is 1. The molecule has 1 amide bonds. The molecule has 2 aliphatic heterocycles. The van der Waals surface area contributed by atoms with E-state index in [0.717, 1.165) is 35.2 Å². The average Bonchev–Trinajstić information content (AvgIpc) is 3.41. The fourth-order valence-corrected chi connectivity index (χ4v) is 4.61. The van der Waals surface area contributed by atoms with Crippen LogP contribution in [0.15, 0.2) is 18.2 Å². The van der Waals surface area contributed by atoms with Crippen molar-refractivity contribution < 1.29 is 14.3 Å². The third-order valence-corrected chi connectivity index (χ3v) is 6.17. The van der Waals surface area contributed by atoms with Crippen LogP contribution in [-0.4, -0.2) is 43.6 Å². The van der Waals surface area contributed by atoms with Crippen LogP contribution in [0, 0.1) is 5.92 Å². The molecule has 3 N–H and O–H groups in total. The number of nitrogen functional groups attached to an aromatic ring is 1. The van der Waals surface area contributed by atoms with Crippen LogP contribution in [0.25, 0.3) is 11.0 Å². The van der Waals surface area contributed by atoms with Gasteiger partial charge in [-0.05, 0) is 44.7 Å². The molecule has 0 unspecified atom stereocenters. The van der Waals surface area contributed by atoms with Crippen molar-refractivity contribution in [3.8, 4) is 5.88 Å². The van der Waals surface area contributed by atoms with Gasteiger partial charge < -0.3 is 25.1 Å². The molecule has 5 rings (SSSR count). The quantitative estimate of drug-likeness (QED) is 0.643. The lowest BCUT2D eigenvalue weighted by atomic mass is 9.92. The summed E-state index contributed by atoms with van der Waals surface area (Å²) in [5.74, 6) is 1.28. The summed E-state index contributed by atoms with van der Waals surface area (Å²) in [5, 5.41) is 8.59. The summed E-state index contributed by atoms with van der Waals surface area (Å²) in [4.78, 5) is 23.3. The summed E-state index contributed by atoms with van der Waals surface area (Å²) < 4.78 is 11.2. The molecule has 1 fully saturated rings. The van der Waals surface area contributed by atoms with Gasteiger partial charge in [-0.3, -0.25) is 4.79 Å². The molecule has 3 aromatic heterocycles. The standard InChI is InChI=1S/C23H28N6O3/c1-12(2)32-20-7-5-16(27-28-20)19-6-4-13(3)9-29(19)23(30)18-8-17-21(25-18)14-10-31-11-15(14)22(24)26-17/h5,7-8,12-13,19,25H,4,6,9-11H2,1-3H3,(H2,24,26)/t13-,19+/m0/s1. The van der Waals surface area contributed by atoms with Crippen molar-refractivity contribution in [3.05, 3.63) is 40.7 Å².